The second kappa shape index (κ2) is 8.68. The average molecular weight is 395 g/mol. The van der Waals surface area contributed by atoms with Crippen molar-refractivity contribution in [1.29, 1.82) is 0 Å². The minimum Gasteiger partial charge on any atom is -0.352 e. The Bertz CT molecular complexity index is 760. The summed E-state index contributed by atoms with van der Waals surface area (Å²) in [4.78, 5) is 15.0. The van der Waals surface area contributed by atoms with Crippen molar-refractivity contribution in [3.05, 3.63) is 29.8 Å². The maximum atomic E-state index is 13.1. The second-order valence-corrected chi connectivity index (χ2v) is 9.47. The number of hydrogen-bond donors (Lipinski definition) is 2. The number of nitrogens with zero attached hydrogens (tertiary/aromatic N) is 2. The smallest absolute Gasteiger partial charge is 0.243 e. The molecule has 1 heterocycles. The van der Waals surface area contributed by atoms with E-state index in [4.69, 9.17) is 5.73 Å². The van der Waals surface area contributed by atoms with E-state index in [0.717, 1.165) is 32.4 Å². The van der Waals surface area contributed by atoms with Gasteiger partial charge in [-0.05, 0) is 44.0 Å². The van der Waals surface area contributed by atoms with Crippen molar-refractivity contribution >= 4 is 15.9 Å². The third kappa shape index (κ3) is 4.51. The molecule has 0 bridgehead atoms. The van der Waals surface area contributed by atoms with Crippen LogP contribution in [0.2, 0.25) is 0 Å². The van der Waals surface area contributed by atoms with E-state index in [1.54, 1.807) is 18.2 Å². The first kappa shape index (κ1) is 20.3. The fourth-order valence-corrected chi connectivity index (χ4v) is 5.69. The lowest BCUT2D eigenvalue weighted by molar-refractivity contribution is -0.126. The van der Waals surface area contributed by atoms with E-state index >= 15 is 0 Å². The van der Waals surface area contributed by atoms with Crippen molar-refractivity contribution in [1.82, 2.24) is 14.5 Å². The van der Waals surface area contributed by atoms with Crippen molar-refractivity contribution in [2.45, 2.75) is 30.7 Å². The number of hydrogen-bond acceptors (Lipinski definition) is 5. The summed E-state index contributed by atoms with van der Waals surface area (Å²) < 4.78 is 27.7. The molecule has 1 aliphatic carbocycles. The summed E-state index contributed by atoms with van der Waals surface area (Å²) in [6.07, 6.45) is 2.87. The molecular formula is C19H30N4O3S. The first-order valence-electron chi connectivity index (χ1n) is 9.68. The summed E-state index contributed by atoms with van der Waals surface area (Å²) in [7, 11) is -1.57. The van der Waals surface area contributed by atoms with Gasteiger partial charge in [0.05, 0.1) is 4.90 Å². The molecule has 0 aromatic heterocycles. The SMILES string of the molecule is CN1CCN(S(=O)(=O)c2ccccc2CNC(=O)[C@@H]2CCC[C@@H]2CN)CC1. The van der Waals surface area contributed by atoms with Crippen LogP contribution in [0.25, 0.3) is 0 Å². The summed E-state index contributed by atoms with van der Waals surface area (Å²) in [5.41, 5.74) is 6.41. The molecule has 3 rings (SSSR count). The predicted molar refractivity (Wildman–Crippen MR) is 104 cm³/mol. The molecular weight excluding hydrogens is 364 g/mol. The molecule has 2 fully saturated rings. The highest BCUT2D eigenvalue weighted by Crippen LogP contribution is 2.31. The van der Waals surface area contributed by atoms with Crippen LogP contribution in [0, 0.1) is 11.8 Å². The van der Waals surface area contributed by atoms with Gasteiger partial charge in [0.25, 0.3) is 0 Å². The number of amides is 1. The van der Waals surface area contributed by atoms with Gasteiger partial charge in [0.2, 0.25) is 15.9 Å². The molecule has 150 valence electrons. The van der Waals surface area contributed by atoms with Gasteiger partial charge in [-0.1, -0.05) is 24.6 Å². The van der Waals surface area contributed by atoms with E-state index in [1.807, 2.05) is 13.1 Å². The number of nitrogens with one attached hydrogen (secondary N) is 1. The zero-order valence-corrected chi connectivity index (χ0v) is 16.7. The monoisotopic (exact) mass is 394 g/mol. The first-order valence-corrected chi connectivity index (χ1v) is 11.1. The van der Waals surface area contributed by atoms with Crippen molar-refractivity contribution in [2.75, 3.05) is 39.8 Å². The van der Waals surface area contributed by atoms with E-state index in [1.165, 1.54) is 4.31 Å². The number of carbonyl (C=O) groups excluding carboxylic acids is 1. The minimum absolute atomic E-state index is 0.0188. The number of carbonyl (C=O) groups is 1. The quantitative estimate of drug-likeness (QED) is 0.737. The summed E-state index contributed by atoms with van der Waals surface area (Å²) in [6, 6.07) is 6.95. The lowest BCUT2D eigenvalue weighted by Gasteiger charge is -2.32. The van der Waals surface area contributed by atoms with Crippen molar-refractivity contribution in [2.24, 2.45) is 17.6 Å². The lowest BCUT2D eigenvalue weighted by atomic mass is 9.95. The molecule has 0 radical (unpaired) electrons. The topological polar surface area (TPSA) is 95.7 Å². The highest BCUT2D eigenvalue weighted by atomic mass is 32.2. The zero-order chi connectivity index (χ0) is 19.4. The predicted octanol–water partition coefficient (Wildman–Crippen LogP) is 0.614. The van der Waals surface area contributed by atoms with E-state index in [2.05, 4.69) is 10.2 Å². The molecule has 3 N–H and O–H groups in total. The van der Waals surface area contributed by atoms with Crippen LogP contribution in [0.5, 0.6) is 0 Å². The van der Waals surface area contributed by atoms with Gasteiger partial charge in [-0.3, -0.25) is 4.79 Å². The van der Waals surface area contributed by atoms with Crippen molar-refractivity contribution in [3.8, 4) is 0 Å². The van der Waals surface area contributed by atoms with Gasteiger partial charge in [0.1, 0.15) is 0 Å². The molecule has 1 aromatic rings. The Hall–Kier alpha value is -1.48. The van der Waals surface area contributed by atoms with Gasteiger partial charge in [0.15, 0.2) is 0 Å². The van der Waals surface area contributed by atoms with Gasteiger partial charge >= 0.3 is 0 Å². The normalized spacial score (nSPS) is 24.8. The zero-order valence-electron chi connectivity index (χ0n) is 15.9. The molecule has 1 saturated heterocycles. The number of benzene rings is 1. The lowest BCUT2D eigenvalue weighted by Crippen LogP contribution is -2.47. The molecule has 2 atom stereocenters. The van der Waals surface area contributed by atoms with E-state index in [9.17, 15) is 13.2 Å². The Kier molecular flexibility index (Phi) is 6.52. The molecule has 1 aliphatic heterocycles. The summed E-state index contributed by atoms with van der Waals surface area (Å²) >= 11 is 0. The molecule has 7 nitrogen and oxygen atoms in total. The van der Waals surface area contributed by atoms with E-state index in [-0.39, 0.29) is 29.2 Å². The third-order valence-corrected chi connectivity index (χ3v) is 7.80. The second-order valence-electron chi connectivity index (χ2n) is 7.57. The fourth-order valence-electron chi connectivity index (χ4n) is 4.05. The average Bonchev–Trinajstić information content (AvgIpc) is 3.15. The highest BCUT2D eigenvalue weighted by Gasteiger charge is 2.32. The summed E-state index contributed by atoms with van der Waals surface area (Å²) in [5, 5.41) is 2.94. The maximum absolute atomic E-state index is 13.1. The Morgan fingerprint density at radius 2 is 1.89 bits per heavy atom. The molecule has 0 unspecified atom stereocenters. The van der Waals surface area contributed by atoms with Gasteiger partial charge in [-0.2, -0.15) is 4.31 Å². The Balaban J connectivity index is 1.71. The molecule has 1 saturated carbocycles. The van der Waals surface area contributed by atoms with Crippen LogP contribution in [0.3, 0.4) is 0 Å². The molecule has 2 aliphatic rings. The summed E-state index contributed by atoms with van der Waals surface area (Å²) in [5.74, 6) is 0.153. The Morgan fingerprint density at radius 1 is 1.19 bits per heavy atom. The molecule has 1 amide bonds. The number of piperazine rings is 1. The molecule has 1 aromatic carbocycles. The summed E-state index contributed by atoms with van der Waals surface area (Å²) in [6.45, 7) is 3.16. The molecule has 0 spiro atoms. The van der Waals surface area contributed by atoms with Gasteiger partial charge in [-0.25, -0.2) is 8.42 Å². The number of nitrogens with two attached hydrogens (primary N) is 1. The standard InChI is InChI=1S/C19H30N4O3S/c1-22-9-11-23(12-10-22)27(25,26)18-8-3-2-5-16(18)14-21-19(24)17-7-4-6-15(17)13-20/h2-3,5,8,15,17H,4,6-7,9-14,20H2,1H3,(H,21,24)/t15-,17-/m1/s1. The largest absolute Gasteiger partial charge is 0.352 e. The molecule has 27 heavy (non-hydrogen) atoms. The Morgan fingerprint density at radius 3 is 2.59 bits per heavy atom. The van der Waals surface area contributed by atoms with E-state index in [0.29, 0.717) is 25.2 Å². The Labute approximate surface area is 161 Å². The van der Waals surface area contributed by atoms with Crippen molar-refractivity contribution in [3.63, 3.8) is 0 Å². The maximum Gasteiger partial charge on any atom is 0.243 e. The van der Waals surface area contributed by atoms with Crippen LogP contribution in [0.1, 0.15) is 24.8 Å². The number of likely N-dealkylation sites (N-methyl/N-ethyl adjacent to an activating group) is 1. The van der Waals surface area contributed by atoms with Crippen LogP contribution in [-0.2, 0) is 21.4 Å². The van der Waals surface area contributed by atoms with Gasteiger partial charge in [-0.15, -0.1) is 0 Å². The van der Waals surface area contributed by atoms with Gasteiger partial charge < -0.3 is 16.0 Å². The first-order chi connectivity index (χ1) is 12.9. The van der Waals surface area contributed by atoms with Crippen LogP contribution in [0.15, 0.2) is 29.2 Å². The van der Waals surface area contributed by atoms with Crippen LogP contribution in [0.4, 0.5) is 0 Å². The van der Waals surface area contributed by atoms with Gasteiger partial charge in [0, 0.05) is 38.6 Å². The fraction of sp³-hybridized carbons (Fsp3) is 0.632. The van der Waals surface area contributed by atoms with E-state index < -0.39 is 10.0 Å². The number of rotatable bonds is 6. The highest BCUT2D eigenvalue weighted by molar-refractivity contribution is 7.89. The van der Waals surface area contributed by atoms with Crippen LogP contribution in [-0.4, -0.2) is 63.3 Å². The minimum atomic E-state index is -3.56. The third-order valence-electron chi connectivity index (χ3n) is 5.80. The molecule has 8 heteroatoms. The van der Waals surface area contributed by atoms with Crippen LogP contribution < -0.4 is 11.1 Å². The van der Waals surface area contributed by atoms with Crippen molar-refractivity contribution < 1.29 is 13.2 Å². The van der Waals surface area contributed by atoms with Crippen LogP contribution >= 0.6 is 0 Å². The number of sulfonamides is 1.